The van der Waals surface area contributed by atoms with Crippen molar-refractivity contribution in [3.63, 3.8) is 0 Å². The molecule has 0 aliphatic carbocycles. The number of benzene rings is 8. The van der Waals surface area contributed by atoms with Crippen molar-refractivity contribution < 1.29 is 0 Å². The highest BCUT2D eigenvalue weighted by Crippen LogP contribution is 2.41. The van der Waals surface area contributed by atoms with Crippen LogP contribution in [0.2, 0.25) is 0 Å². The fourth-order valence-corrected chi connectivity index (χ4v) is 8.74. The Balaban J connectivity index is 1.13. The minimum atomic E-state index is 0.564. The van der Waals surface area contributed by atoms with Crippen LogP contribution in [0, 0.1) is 13.1 Å². The minimum absolute atomic E-state index is 0.564. The zero-order chi connectivity index (χ0) is 36.6. The molecule has 0 saturated heterocycles. The lowest BCUT2D eigenvalue weighted by Crippen LogP contribution is -1.97. The van der Waals surface area contributed by atoms with Crippen LogP contribution in [-0.2, 0) is 0 Å². The second-order valence-electron chi connectivity index (χ2n) is 14.0. The molecule has 0 spiro atoms. The largest absolute Gasteiger partial charge is 0.311 e. The van der Waals surface area contributed by atoms with Gasteiger partial charge in [0.05, 0.1) is 51.9 Å². The first kappa shape index (κ1) is 30.7. The monoisotopic (exact) mass is 699 g/mol. The quantitative estimate of drug-likeness (QED) is 0.163. The maximum absolute atomic E-state index is 8.10. The average Bonchev–Trinajstić information content (AvgIpc) is 3.89. The lowest BCUT2D eigenvalue weighted by Gasteiger charge is -2.14. The van der Waals surface area contributed by atoms with Crippen LogP contribution in [0.4, 0.5) is 11.4 Å². The summed E-state index contributed by atoms with van der Waals surface area (Å²) in [6.45, 7) is 15.7. The molecule has 0 amide bonds. The maximum Gasteiger partial charge on any atom is 0.189 e. The van der Waals surface area contributed by atoms with Gasteiger partial charge in [0.25, 0.3) is 0 Å². The Labute approximate surface area is 316 Å². The molecule has 3 aromatic heterocycles. The Hall–Kier alpha value is -7.86. The van der Waals surface area contributed by atoms with Gasteiger partial charge < -0.3 is 13.7 Å². The van der Waals surface area contributed by atoms with E-state index in [1.165, 1.54) is 32.6 Å². The minimum Gasteiger partial charge on any atom is -0.311 e. The fourth-order valence-electron chi connectivity index (χ4n) is 8.74. The van der Waals surface area contributed by atoms with E-state index in [4.69, 9.17) is 13.1 Å². The summed E-state index contributed by atoms with van der Waals surface area (Å²) in [6.07, 6.45) is 0. The van der Waals surface area contributed by atoms with Crippen molar-refractivity contribution in [1.29, 1.82) is 0 Å². The standard InChI is InChI=1S/C50H29N5/c1-51-34-25-26-47-42(31-34)40-17-5-7-19-43(40)54(47)37-29-33(27-35(30-37)52-2)32-13-11-14-36(28-32)53-46-22-10-6-18-41(46)50-48(53)23-12-24-49(50)55-44-20-8-3-15-38(44)39-16-4-9-21-45(39)55/h3-31H. The molecule has 5 heteroatoms. The van der Waals surface area contributed by atoms with Gasteiger partial charge in [-0.2, -0.15) is 0 Å². The van der Waals surface area contributed by atoms with Crippen LogP contribution < -0.4 is 0 Å². The fraction of sp³-hybridized carbons (Fsp3) is 0. The second kappa shape index (κ2) is 11.8. The lowest BCUT2D eigenvalue weighted by molar-refractivity contribution is 1.17. The van der Waals surface area contributed by atoms with Gasteiger partial charge in [0.15, 0.2) is 11.4 Å². The van der Waals surface area contributed by atoms with E-state index in [0.29, 0.717) is 11.4 Å². The summed E-state index contributed by atoms with van der Waals surface area (Å²) in [7, 11) is 0. The van der Waals surface area contributed by atoms with Gasteiger partial charge in [-0.3, -0.25) is 0 Å². The molecule has 3 heterocycles. The van der Waals surface area contributed by atoms with E-state index in [2.05, 4.69) is 157 Å². The van der Waals surface area contributed by atoms with Crippen LogP contribution in [0.3, 0.4) is 0 Å². The molecule has 0 saturated carbocycles. The van der Waals surface area contributed by atoms with Gasteiger partial charge in [-0.1, -0.05) is 97.1 Å². The SMILES string of the molecule is [C-]#[N+]c1cc(-c2cccc(-n3c4ccccc4c4c(-n5c6ccccc6c6ccccc65)cccc43)c2)cc(-n2c3ccccc3c3cc([N+]#[C-])ccc32)c1. The molecule has 0 aliphatic heterocycles. The molecule has 254 valence electrons. The van der Waals surface area contributed by atoms with E-state index in [1.54, 1.807) is 0 Å². The number of nitrogens with zero attached hydrogens (tertiary/aromatic N) is 5. The molecule has 5 nitrogen and oxygen atoms in total. The molecular formula is C50H29N5. The first-order valence-corrected chi connectivity index (χ1v) is 18.3. The van der Waals surface area contributed by atoms with E-state index < -0.39 is 0 Å². The predicted molar refractivity (Wildman–Crippen MR) is 227 cm³/mol. The Morgan fingerprint density at radius 1 is 0.327 bits per heavy atom. The molecule has 0 aliphatic rings. The smallest absolute Gasteiger partial charge is 0.189 e. The summed E-state index contributed by atoms with van der Waals surface area (Å²) in [5, 5.41) is 6.95. The molecular weight excluding hydrogens is 671 g/mol. The number of hydrogen-bond acceptors (Lipinski definition) is 0. The van der Waals surface area contributed by atoms with Crippen molar-refractivity contribution in [3.8, 4) is 28.2 Å². The summed E-state index contributed by atoms with van der Waals surface area (Å²) >= 11 is 0. The van der Waals surface area contributed by atoms with Crippen molar-refractivity contribution in [2.24, 2.45) is 0 Å². The third-order valence-corrected chi connectivity index (χ3v) is 11.0. The van der Waals surface area contributed by atoms with E-state index in [0.717, 1.165) is 61.0 Å². The maximum atomic E-state index is 8.10. The molecule has 55 heavy (non-hydrogen) atoms. The highest BCUT2D eigenvalue weighted by atomic mass is 15.0. The van der Waals surface area contributed by atoms with Gasteiger partial charge in [-0.25, -0.2) is 9.69 Å². The zero-order valence-corrected chi connectivity index (χ0v) is 29.5. The highest BCUT2D eigenvalue weighted by molar-refractivity contribution is 6.16. The van der Waals surface area contributed by atoms with Crippen LogP contribution in [0.5, 0.6) is 0 Å². The van der Waals surface area contributed by atoms with Crippen molar-refractivity contribution in [2.45, 2.75) is 0 Å². The molecule has 8 aromatic carbocycles. The van der Waals surface area contributed by atoms with E-state index in [9.17, 15) is 0 Å². The topological polar surface area (TPSA) is 23.5 Å². The summed E-state index contributed by atoms with van der Waals surface area (Å²) in [5.41, 5.74) is 12.9. The first-order valence-electron chi connectivity index (χ1n) is 18.3. The van der Waals surface area contributed by atoms with Gasteiger partial charge in [0.1, 0.15) is 0 Å². The second-order valence-corrected chi connectivity index (χ2v) is 14.0. The molecule has 0 atom stereocenters. The lowest BCUT2D eigenvalue weighted by atomic mass is 10.0. The molecule has 0 bridgehead atoms. The van der Waals surface area contributed by atoms with Crippen LogP contribution >= 0.6 is 0 Å². The first-order chi connectivity index (χ1) is 27.2. The van der Waals surface area contributed by atoms with Crippen molar-refractivity contribution in [3.05, 3.63) is 199 Å². The molecule has 0 N–H and O–H groups in total. The van der Waals surface area contributed by atoms with Crippen LogP contribution in [0.1, 0.15) is 0 Å². The van der Waals surface area contributed by atoms with E-state index >= 15 is 0 Å². The number of aromatic nitrogens is 3. The molecule has 11 aromatic rings. The Kier molecular flexibility index (Phi) is 6.61. The number of rotatable bonds is 4. The van der Waals surface area contributed by atoms with Crippen molar-refractivity contribution in [2.75, 3.05) is 0 Å². The summed E-state index contributed by atoms with van der Waals surface area (Å²) in [4.78, 5) is 7.63. The third-order valence-electron chi connectivity index (χ3n) is 11.0. The Morgan fingerprint density at radius 2 is 0.855 bits per heavy atom. The normalized spacial score (nSPS) is 11.6. The zero-order valence-electron chi connectivity index (χ0n) is 29.5. The Morgan fingerprint density at radius 3 is 1.55 bits per heavy atom. The van der Waals surface area contributed by atoms with Crippen LogP contribution in [-0.4, -0.2) is 13.7 Å². The number of para-hydroxylation sites is 4. The van der Waals surface area contributed by atoms with Gasteiger partial charge in [0.2, 0.25) is 0 Å². The molecule has 11 rings (SSSR count). The van der Waals surface area contributed by atoms with E-state index in [1.807, 2.05) is 42.5 Å². The highest BCUT2D eigenvalue weighted by Gasteiger charge is 2.20. The van der Waals surface area contributed by atoms with Gasteiger partial charge in [-0.15, -0.1) is 0 Å². The average molecular weight is 700 g/mol. The van der Waals surface area contributed by atoms with Gasteiger partial charge in [-0.05, 0) is 95.4 Å². The van der Waals surface area contributed by atoms with Crippen LogP contribution in [0.15, 0.2) is 176 Å². The number of fused-ring (bicyclic) bond motifs is 9. The summed E-state index contributed by atoms with van der Waals surface area (Å²) < 4.78 is 6.99. The predicted octanol–water partition coefficient (Wildman–Crippen LogP) is 13.7. The Bertz CT molecular complexity index is 3420. The van der Waals surface area contributed by atoms with Crippen molar-refractivity contribution in [1.82, 2.24) is 13.7 Å². The number of hydrogen-bond donors (Lipinski definition) is 0. The van der Waals surface area contributed by atoms with Crippen LogP contribution in [0.25, 0.3) is 103 Å². The molecule has 0 unspecified atom stereocenters. The molecule has 0 radical (unpaired) electrons. The summed E-state index contributed by atoms with van der Waals surface area (Å²) in [5.74, 6) is 0. The molecule has 0 fully saturated rings. The van der Waals surface area contributed by atoms with Gasteiger partial charge >= 0.3 is 0 Å². The third kappa shape index (κ3) is 4.51. The summed E-state index contributed by atoms with van der Waals surface area (Å²) in [6, 6.07) is 61.5. The van der Waals surface area contributed by atoms with E-state index in [-0.39, 0.29) is 0 Å². The van der Waals surface area contributed by atoms with Crippen molar-refractivity contribution >= 4 is 76.8 Å². The van der Waals surface area contributed by atoms with Gasteiger partial charge in [0, 0.05) is 38.3 Å².